The molecule has 0 fully saturated rings. The highest BCUT2D eigenvalue weighted by Gasteiger charge is 2.16. The first-order valence-corrected chi connectivity index (χ1v) is 9.42. The predicted molar refractivity (Wildman–Crippen MR) is 110 cm³/mol. The van der Waals surface area contributed by atoms with Gasteiger partial charge in [0.2, 0.25) is 5.88 Å². The molecule has 2 aromatic heterocycles. The Labute approximate surface area is 162 Å². The molecular weight excluding hydrogens is 356 g/mol. The molecule has 0 saturated heterocycles. The summed E-state index contributed by atoms with van der Waals surface area (Å²) in [6.07, 6.45) is 0. The Balaban J connectivity index is 1.69. The first-order chi connectivity index (χ1) is 13.2. The Kier molecular flexibility index (Phi) is 4.73. The van der Waals surface area contributed by atoms with E-state index < -0.39 is 0 Å². The van der Waals surface area contributed by atoms with Gasteiger partial charge in [0.15, 0.2) is 5.65 Å². The summed E-state index contributed by atoms with van der Waals surface area (Å²) < 4.78 is 7.39. The third-order valence-electron chi connectivity index (χ3n) is 4.23. The van der Waals surface area contributed by atoms with Gasteiger partial charge in [-0.3, -0.25) is 0 Å². The van der Waals surface area contributed by atoms with Crippen molar-refractivity contribution in [2.24, 2.45) is 0 Å². The van der Waals surface area contributed by atoms with Gasteiger partial charge in [0.25, 0.3) is 0 Å². The van der Waals surface area contributed by atoms with E-state index in [4.69, 9.17) is 14.8 Å². The molecule has 0 unspecified atom stereocenters. The van der Waals surface area contributed by atoms with Crippen molar-refractivity contribution in [3.63, 3.8) is 0 Å². The molecule has 0 N–H and O–H groups in total. The summed E-state index contributed by atoms with van der Waals surface area (Å²) in [7, 11) is 5.72. The Bertz CT molecular complexity index is 1060. The maximum Gasteiger partial charge on any atom is 0.243 e. The summed E-state index contributed by atoms with van der Waals surface area (Å²) in [5.74, 6) is 0.640. The lowest BCUT2D eigenvalue weighted by molar-refractivity contribution is 0.387. The smallest absolute Gasteiger partial charge is 0.243 e. The minimum Gasteiger partial charge on any atom is -0.479 e. The third-order valence-corrected chi connectivity index (χ3v) is 5.16. The van der Waals surface area contributed by atoms with E-state index in [0.717, 1.165) is 26.8 Å². The molecule has 0 aliphatic heterocycles. The highest BCUT2D eigenvalue weighted by atomic mass is 32.2. The summed E-state index contributed by atoms with van der Waals surface area (Å²) in [5, 5.41) is 5.61. The quantitative estimate of drug-likeness (QED) is 0.508. The lowest BCUT2D eigenvalue weighted by atomic mass is 10.2. The summed E-state index contributed by atoms with van der Waals surface area (Å²) in [6.45, 7) is 0. The maximum atomic E-state index is 5.62. The Morgan fingerprint density at radius 3 is 2.33 bits per heavy atom. The second kappa shape index (κ2) is 7.32. The number of methoxy groups -OCH3 is 1. The Morgan fingerprint density at radius 2 is 1.67 bits per heavy atom. The van der Waals surface area contributed by atoms with Crippen molar-refractivity contribution in [1.29, 1.82) is 0 Å². The number of fused-ring (bicyclic) bond motifs is 1. The molecule has 0 radical (unpaired) electrons. The van der Waals surface area contributed by atoms with Crippen molar-refractivity contribution in [1.82, 2.24) is 14.6 Å². The van der Waals surface area contributed by atoms with Crippen LogP contribution in [-0.2, 0) is 0 Å². The molecule has 0 spiro atoms. The van der Waals surface area contributed by atoms with Crippen molar-refractivity contribution < 1.29 is 4.74 Å². The van der Waals surface area contributed by atoms with Crippen LogP contribution in [0.4, 0.5) is 5.69 Å². The van der Waals surface area contributed by atoms with Crippen molar-refractivity contribution in [2.45, 2.75) is 9.92 Å². The molecule has 0 amide bonds. The predicted octanol–water partition coefficient (Wildman–Crippen LogP) is 4.62. The summed E-state index contributed by atoms with van der Waals surface area (Å²) in [5.41, 5.74) is 3.74. The number of benzene rings is 2. The van der Waals surface area contributed by atoms with E-state index in [-0.39, 0.29) is 0 Å². The zero-order chi connectivity index (χ0) is 18.8. The average molecular weight is 376 g/mol. The molecule has 136 valence electrons. The van der Waals surface area contributed by atoms with Crippen molar-refractivity contribution in [3.8, 4) is 17.1 Å². The average Bonchev–Trinajstić information content (AvgIpc) is 3.07. The number of hydrogen-bond acceptors (Lipinski definition) is 5. The topological polar surface area (TPSA) is 42.7 Å². The fraction of sp³-hybridized carbons (Fsp3) is 0.143. The van der Waals surface area contributed by atoms with Gasteiger partial charge in [0, 0.05) is 30.2 Å². The number of hydrogen-bond donors (Lipinski definition) is 0. The molecule has 5 nitrogen and oxygen atoms in total. The molecule has 0 aliphatic rings. The first kappa shape index (κ1) is 17.4. The summed E-state index contributed by atoms with van der Waals surface area (Å²) in [6, 6.07) is 22.4. The minimum atomic E-state index is 0.640. The van der Waals surface area contributed by atoms with Gasteiger partial charge < -0.3 is 9.64 Å². The highest BCUT2D eigenvalue weighted by Crippen LogP contribution is 2.32. The first-order valence-electron chi connectivity index (χ1n) is 8.60. The lowest BCUT2D eigenvalue weighted by Crippen LogP contribution is -2.07. The number of imidazole rings is 1. The number of ether oxygens (including phenoxy) is 1. The van der Waals surface area contributed by atoms with E-state index in [9.17, 15) is 0 Å². The fourth-order valence-corrected chi connectivity index (χ4v) is 3.62. The van der Waals surface area contributed by atoms with E-state index in [2.05, 4.69) is 29.2 Å². The van der Waals surface area contributed by atoms with Crippen molar-refractivity contribution in [3.05, 3.63) is 66.7 Å². The molecule has 27 heavy (non-hydrogen) atoms. The molecule has 2 heterocycles. The van der Waals surface area contributed by atoms with Crippen molar-refractivity contribution >= 4 is 23.1 Å². The molecule has 4 rings (SSSR count). The minimum absolute atomic E-state index is 0.640. The van der Waals surface area contributed by atoms with Gasteiger partial charge >= 0.3 is 0 Å². The molecular formula is C21H20N4OS. The molecule has 6 heteroatoms. The molecule has 0 bridgehead atoms. The lowest BCUT2D eigenvalue weighted by Gasteiger charge is -2.12. The maximum absolute atomic E-state index is 5.62. The van der Waals surface area contributed by atoms with E-state index in [0.29, 0.717) is 5.88 Å². The van der Waals surface area contributed by atoms with Gasteiger partial charge in [-0.15, -0.1) is 0 Å². The van der Waals surface area contributed by atoms with Crippen LogP contribution >= 0.6 is 11.8 Å². The van der Waals surface area contributed by atoms with Crippen LogP contribution in [0.2, 0.25) is 0 Å². The number of aromatic nitrogens is 3. The van der Waals surface area contributed by atoms with E-state index in [1.54, 1.807) is 23.4 Å². The van der Waals surface area contributed by atoms with Crippen LogP contribution in [0.3, 0.4) is 0 Å². The Morgan fingerprint density at radius 1 is 0.926 bits per heavy atom. The molecule has 2 aromatic carbocycles. The van der Waals surface area contributed by atoms with Crippen LogP contribution in [0.25, 0.3) is 16.9 Å². The van der Waals surface area contributed by atoms with Crippen molar-refractivity contribution in [2.75, 3.05) is 26.1 Å². The second-order valence-electron chi connectivity index (χ2n) is 6.27. The molecule has 0 saturated carbocycles. The van der Waals surface area contributed by atoms with E-state index in [1.165, 1.54) is 5.69 Å². The third kappa shape index (κ3) is 3.48. The normalized spacial score (nSPS) is 10.9. The monoisotopic (exact) mass is 376 g/mol. The van der Waals surface area contributed by atoms with Crippen LogP contribution < -0.4 is 9.64 Å². The van der Waals surface area contributed by atoms with E-state index >= 15 is 0 Å². The van der Waals surface area contributed by atoms with Gasteiger partial charge in [-0.05, 0) is 36.4 Å². The molecule has 0 atom stereocenters. The van der Waals surface area contributed by atoms with Gasteiger partial charge in [-0.2, -0.15) is 9.61 Å². The van der Waals surface area contributed by atoms with Crippen LogP contribution in [0.15, 0.2) is 76.7 Å². The summed E-state index contributed by atoms with van der Waals surface area (Å²) >= 11 is 1.61. The summed E-state index contributed by atoms with van der Waals surface area (Å²) in [4.78, 5) is 7.91. The largest absolute Gasteiger partial charge is 0.479 e. The fourth-order valence-electron chi connectivity index (χ4n) is 2.85. The van der Waals surface area contributed by atoms with Gasteiger partial charge in [0.05, 0.1) is 7.11 Å². The number of anilines is 1. The van der Waals surface area contributed by atoms with Crippen LogP contribution in [-0.4, -0.2) is 35.8 Å². The number of nitrogens with zero attached hydrogens (tertiary/aromatic N) is 4. The molecule has 0 aliphatic carbocycles. The van der Waals surface area contributed by atoms with Crippen LogP contribution in [0.5, 0.6) is 5.88 Å². The highest BCUT2D eigenvalue weighted by molar-refractivity contribution is 7.99. The van der Waals surface area contributed by atoms with Gasteiger partial charge in [-0.25, -0.2) is 4.98 Å². The standard InChI is InChI=1S/C21H20N4OS/c1-24(2)16-9-11-17(12-10-16)27-19-14-13-18-22-20(15-7-5-4-6-8-15)21(26-3)25(18)23-19/h4-14H,1-3H3. The second-order valence-corrected chi connectivity index (χ2v) is 7.36. The Hall–Kier alpha value is -2.99. The van der Waals surface area contributed by atoms with E-state index in [1.807, 2.05) is 56.6 Å². The SMILES string of the molecule is COc1c(-c2ccccc2)nc2ccc(Sc3ccc(N(C)C)cc3)nn12. The molecule has 4 aromatic rings. The number of rotatable bonds is 5. The van der Waals surface area contributed by atoms with Crippen LogP contribution in [0.1, 0.15) is 0 Å². The van der Waals surface area contributed by atoms with Gasteiger partial charge in [0.1, 0.15) is 10.7 Å². The van der Waals surface area contributed by atoms with Crippen LogP contribution in [0, 0.1) is 0 Å². The zero-order valence-corrected chi connectivity index (χ0v) is 16.3. The zero-order valence-electron chi connectivity index (χ0n) is 15.5. The van der Waals surface area contributed by atoms with Gasteiger partial charge in [-0.1, -0.05) is 42.1 Å².